The zero-order chi connectivity index (χ0) is 9.68. The van der Waals surface area contributed by atoms with Gasteiger partial charge in [-0.15, -0.1) is 0 Å². The smallest absolute Gasteiger partial charge is 0.164 e. The first-order valence-electron chi connectivity index (χ1n) is 4.21. The number of hydrogen-bond acceptors (Lipinski definition) is 3. The van der Waals surface area contributed by atoms with Gasteiger partial charge in [-0.25, -0.2) is 4.39 Å². The monoisotopic (exact) mass is 183 g/mol. The van der Waals surface area contributed by atoms with Crippen molar-refractivity contribution in [3.63, 3.8) is 0 Å². The zero-order valence-corrected chi connectivity index (χ0v) is 7.92. The summed E-state index contributed by atoms with van der Waals surface area (Å²) in [7, 11) is 3.73. The second-order valence-corrected chi connectivity index (χ2v) is 2.85. The van der Waals surface area contributed by atoms with Crippen LogP contribution in [0.25, 0.3) is 0 Å². The summed E-state index contributed by atoms with van der Waals surface area (Å²) in [6.07, 6.45) is 2.82. The van der Waals surface area contributed by atoms with Gasteiger partial charge >= 0.3 is 0 Å². The summed E-state index contributed by atoms with van der Waals surface area (Å²) < 4.78 is 13.1. The van der Waals surface area contributed by atoms with Crippen LogP contribution in [0.15, 0.2) is 18.5 Å². The van der Waals surface area contributed by atoms with Gasteiger partial charge in [-0.3, -0.25) is 4.98 Å². The lowest BCUT2D eigenvalue weighted by atomic mass is 10.3. The minimum absolute atomic E-state index is 0.277. The molecular formula is C9H14FN3. The van der Waals surface area contributed by atoms with Crippen molar-refractivity contribution in [3.05, 3.63) is 24.3 Å². The summed E-state index contributed by atoms with van der Waals surface area (Å²) in [6.45, 7) is 1.61. The molecule has 0 fully saturated rings. The highest BCUT2D eigenvalue weighted by molar-refractivity contribution is 5.45. The van der Waals surface area contributed by atoms with Gasteiger partial charge in [0.05, 0.1) is 11.9 Å². The Morgan fingerprint density at radius 1 is 1.62 bits per heavy atom. The van der Waals surface area contributed by atoms with E-state index in [0.717, 1.165) is 13.1 Å². The van der Waals surface area contributed by atoms with Crippen molar-refractivity contribution < 1.29 is 4.39 Å². The van der Waals surface area contributed by atoms with Crippen LogP contribution in [0.3, 0.4) is 0 Å². The Morgan fingerprint density at radius 3 is 3.00 bits per heavy atom. The van der Waals surface area contributed by atoms with E-state index < -0.39 is 0 Å². The standard InChI is InChI=1S/C9H14FN3/c1-11-5-6-13(2)9-3-4-12-7-8(9)10/h3-4,7,11H,5-6H2,1-2H3. The van der Waals surface area contributed by atoms with Crippen molar-refractivity contribution in [3.8, 4) is 0 Å². The van der Waals surface area contributed by atoms with Gasteiger partial charge in [0.2, 0.25) is 0 Å². The van der Waals surface area contributed by atoms with Gasteiger partial charge < -0.3 is 10.2 Å². The average Bonchev–Trinajstić information content (AvgIpc) is 2.15. The number of pyridine rings is 1. The zero-order valence-electron chi connectivity index (χ0n) is 7.92. The first-order valence-corrected chi connectivity index (χ1v) is 4.21. The van der Waals surface area contributed by atoms with Crippen LogP contribution in [0.4, 0.5) is 10.1 Å². The number of halogens is 1. The van der Waals surface area contributed by atoms with Crippen LogP contribution in [0.2, 0.25) is 0 Å². The van der Waals surface area contributed by atoms with E-state index in [1.165, 1.54) is 6.20 Å². The van der Waals surface area contributed by atoms with Gasteiger partial charge in [-0.2, -0.15) is 0 Å². The first kappa shape index (κ1) is 9.92. The van der Waals surface area contributed by atoms with Crippen LogP contribution in [0.5, 0.6) is 0 Å². The van der Waals surface area contributed by atoms with Crippen LogP contribution in [-0.2, 0) is 0 Å². The molecule has 0 aliphatic rings. The summed E-state index contributed by atoms with van der Waals surface area (Å²) >= 11 is 0. The molecule has 1 aromatic heterocycles. The van der Waals surface area contributed by atoms with Crippen molar-refractivity contribution in [1.82, 2.24) is 10.3 Å². The maximum atomic E-state index is 13.1. The molecule has 0 aliphatic carbocycles. The van der Waals surface area contributed by atoms with Gasteiger partial charge in [0.25, 0.3) is 0 Å². The van der Waals surface area contributed by atoms with Gasteiger partial charge in [-0.1, -0.05) is 0 Å². The Bertz CT molecular complexity index is 265. The molecule has 1 rings (SSSR count). The maximum Gasteiger partial charge on any atom is 0.164 e. The second kappa shape index (κ2) is 4.77. The molecule has 1 heterocycles. The van der Waals surface area contributed by atoms with Gasteiger partial charge in [-0.05, 0) is 13.1 Å². The van der Waals surface area contributed by atoms with Crippen LogP contribution in [0.1, 0.15) is 0 Å². The molecule has 0 unspecified atom stereocenters. The molecule has 0 spiro atoms. The number of aromatic nitrogens is 1. The van der Waals surface area contributed by atoms with E-state index in [9.17, 15) is 4.39 Å². The fourth-order valence-corrected chi connectivity index (χ4v) is 1.08. The van der Waals surface area contributed by atoms with E-state index in [0.29, 0.717) is 5.69 Å². The first-order chi connectivity index (χ1) is 6.25. The number of nitrogens with zero attached hydrogens (tertiary/aromatic N) is 2. The number of hydrogen-bond donors (Lipinski definition) is 1. The van der Waals surface area contributed by atoms with Crippen molar-refractivity contribution in [1.29, 1.82) is 0 Å². The molecule has 1 aromatic rings. The molecule has 13 heavy (non-hydrogen) atoms. The number of rotatable bonds is 4. The molecule has 0 aliphatic heterocycles. The number of likely N-dealkylation sites (N-methyl/N-ethyl adjacent to an activating group) is 2. The van der Waals surface area contributed by atoms with Crippen molar-refractivity contribution in [2.45, 2.75) is 0 Å². The maximum absolute atomic E-state index is 13.1. The Balaban J connectivity index is 2.65. The molecule has 0 aromatic carbocycles. The summed E-state index contributed by atoms with van der Waals surface area (Å²) in [5, 5.41) is 3.01. The summed E-state index contributed by atoms with van der Waals surface area (Å²) in [4.78, 5) is 5.54. The predicted octanol–water partition coefficient (Wildman–Crippen LogP) is 0.876. The van der Waals surface area contributed by atoms with E-state index in [4.69, 9.17) is 0 Å². The minimum Gasteiger partial charge on any atom is -0.371 e. The van der Waals surface area contributed by atoms with Crippen LogP contribution >= 0.6 is 0 Å². The fourth-order valence-electron chi connectivity index (χ4n) is 1.08. The number of nitrogens with one attached hydrogen (secondary N) is 1. The lowest BCUT2D eigenvalue weighted by molar-refractivity contribution is 0.614. The summed E-state index contributed by atoms with van der Waals surface area (Å²) in [5.74, 6) is -0.277. The Kier molecular flexibility index (Phi) is 3.64. The Labute approximate surface area is 77.6 Å². The number of anilines is 1. The van der Waals surface area contributed by atoms with Gasteiger partial charge in [0.1, 0.15) is 0 Å². The second-order valence-electron chi connectivity index (χ2n) is 2.85. The molecule has 0 radical (unpaired) electrons. The largest absolute Gasteiger partial charge is 0.371 e. The van der Waals surface area contributed by atoms with Crippen LogP contribution in [0, 0.1) is 5.82 Å². The predicted molar refractivity (Wildman–Crippen MR) is 51.4 cm³/mol. The minimum atomic E-state index is -0.277. The molecular weight excluding hydrogens is 169 g/mol. The van der Waals surface area contributed by atoms with Crippen molar-refractivity contribution in [2.75, 3.05) is 32.1 Å². The molecule has 0 amide bonds. The molecule has 72 valence electrons. The fraction of sp³-hybridized carbons (Fsp3) is 0.444. The van der Waals surface area contributed by atoms with Gasteiger partial charge in [0, 0.05) is 26.3 Å². The third-order valence-electron chi connectivity index (χ3n) is 1.86. The summed E-state index contributed by atoms with van der Waals surface area (Å²) in [5.41, 5.74) is 0.588. The Hall–Kier alpha value is -1.16. The third-order valence-corrected chi connectivity index (χ3v) is 1.86. The lowest BCUT2D eigenvalue weighted by Crippen LogP contribution is -2.27. The highest BCUT2D eigenvalue weighted by Crippen LogP contribution is 2.14. The van der Waals surface area contributed by atoms with Gasteiger partial charge in [0.15, 0.2) is 5.82 Å². The van der Waals surface area contributed by atoms with E-state index in [2.05, 4.69) is 10.3 Å². The van der Waals surface area contributed by atoms with E-state index in [-0.39, 0.29) is 5.82 Å². The van der Waals surface area contributed by atoms with E-state index in [1.807, 2.05) is 19.0 Å². The molecule has 0 saturated carbocycles. The highest BCUT2D eigenvalue weighted by Gasteiger charge is 2.05. The summed E-state index contributed by atoms with van der Waals surface area (Å²) in [6, 6.07) is 1.67. The van der Waals surface area contributed by atoms with Crippen LogP contribution < -0.4 is 10.2 Å². The molecule has 4 heteroatoms. The van der Waals surface area contributed by atoms with Crippen molar-refractivity contribution >= 4 is 5.69 Å². The average molecular weight is 183 g/mol. The van der Waals surface area contributed by atoms with Crippen molar-refractivity contribution in [2.24, 2.45) is 0 Å². The molecule has 0 saturated heterocycles. The molecule has 0 bridgehead atoms. The third kappa shape index (κ3) is 2.66. The van der Waals surface area contributed by atoms with E-state index >= 15 is 0 Å². The lowest BCUT2D eigenvalue weighted by Gasteiger charge is -2.18. The molecule has 3 nitrogen and oxygen atoms in total. The molecule has 0 atom stereocenters. The SMILES string of the molecule is CNCCN(C)c1ccncc1F. The topological polar surface area (TPSA) is 28.2 Å². The highest BCUT2D eigenvalue weighted by atomic mass is 19.1. The van der Waals surface area contributed by atoms with Crippen LogP contribution in [-0.4, -0.2) is 32.2 Å². The van der Waals surface area contributed by atoms with E-state index in [1.54, 1.807) is 12.3 Å². The molecule has 1 N–H and O–H groups in total. The Morgan fingerprint density at radius 2 is 2.38 bits per heavy atom. The quantitative estimate of drug-likeness (QED) is 0.751. The normalized spacial score (nSPS) is 10.1.